The van der Waals surface area contributed by atoms with Crippen LogP contribution in [0, 0.1) is 25.7 Å². The Labute approximate surface area is 509 Å². The third-order valence-electron chi connectivity index (χ3n) is 15.5. The van der Waals surface area contributed by atoms with Gasteiger partial charge in [-0.05, 0) is 138 Å². The number of carbonyl (C=O) groups is 5. The molecule has 10 rings (SSSR count). The Morgan fingerprint density at radius 2 is 1.60 bits per heavy atom. The summed E-state index contributed by atoms with van der Waals surface area (Å²) < 4.78 is 3.09. The van der Waals surface area contributed by atoms with Crippen LogP contribution in [0.25, 0.3) is 31.8 Å². The predicted molar refractivity (Wildman–Crippen MR) is 342 cm³/mol. The quantitative estimate of drug-likeness (QED) is 0.0477. The van der Waals surface area contributed by atoms with E-state index in [1.165, 1.54) is 59.4 Å². The molecular formula is C65H86N12O6S2. The summed E-state index contributed by atoms with van der Waals surface area (Å²) >= 11 is 3.14. The first kappa shape index (κ1) is 65.3. The van der Waals surface area contributed by atoms with E-state index in [0.717, 1.165) is 56.3 Å². The molecular weight excluding hydrogens is 1110 g/mol. The van der Waals surface area contributed by atoms with Crippen molar-refractivity contribution in [3.8, 4) is 21.6 Å². The molecule has 2 atom stereocenters. The molecule has 0 bridgehead atoms. The maximum atomic E-state index is 14.2. The number of fused-ring (bicyclic) bond motifs is 2. The normalized spacial score (nSPS) is 15.2. The van der Waals surface area contributed by atoms with Gasteiger partial charge in [0.1, 0.15) is 18.3 Å². The lowest BCUT2D eigenvalue weighted by atomic mass is 9.89. The number of para-hydroxylation sites is 1. The second-order valence-corrected chi connectivity index (χ2v) is 24.7. The van der Waals surface area contributed by atoms with Gasteiger partial charge in [-0.2, -0.15) is 5.10 Å². The average Bonchev–Trinajstić information content (AvgIpc) is 2.58. The number of amides is 4. The Kier molecular flexibility index (Phi) is 24.8. The minimum atomic E-state index is -0.497. The molecule has 85 heavy (non-hydrogen) atoms. The number of hydrogen-bond acceptors (Lipinski definition) is 15. The lowest BCUT2D eigenvalue weighted by Gasteiger charge is -2.31. The van der Waals surface area contributed by atoms with Gasteiger partial charge in [-0.3, -0.25) is 29.2 Å². The summed E-state index contributed by atoms with van der Waals surface area (Å²) in [4.78, 5) is 81.7. The number of nitrogens with one attached hydrogen (secondary N) is 4. The van der Waals surface area contributed by atoms with Gasteiger partial charge in [-0.1, -0.05) is 99.9 Å². The summed E-state index contributed by atoms with van der Waals surface area (Å²) in [6, 6.07) is 26.7. The molecule has 2 aliphatic heterocycles. The second-order valence-electron chi connectivity index (χ2n) is 22.8. The first-order valence-electron chi connectivity index (χ1n) is 29.8. The van der Waals surface area contributed by atoms with Crippen LogP contribution in [-0.4, -0.2) is 136 Å². The van der Waals surface area contributed by atoms with Crippen LogP contribution in [0.15, 0.2) is 90.6 Å². The number of nitrogens with zero attached hydrogens (tertiary/aromatic N) is 8. The van der Waals surface area contributed by atoms with E-state index in [1.807, 2.05) is 86.0 Å². The highest BCUT2D eigenvalue weighted by Gasteiger charge is 2.28. The van der Waals surface area contributed by atoms with Crippen molar-refractivity contribution in [2.24, 2.45) is 11.8 Å². The molecule has 4 amide bonds. The smallest absolute Gasteiger partial charge is 0.270 e. The van der Waals surface area contributed by atoms with E-state index in [9.17, 15) is 24.3 Å². The zero-order valence-corrected chi connectivity index (χ0v) is 52.4. The van der Waals surface area contributed by atoms with Crippen LogP contribution in [-0.2, 0) is 33.9 Å². The highest BCUT2D eigenvalue weighted by molar-refractivity contribution is 7.22. The number of likely N-dealkylation sites (tertiary alicyclic amines) is 1. The van der Waals surface area contributed by atoms with Crippen LogP contribution in [0.4, 0.5) is 10.9 Å². The Morgan fingerprint density at radius 1 is 0.847 bits per heavy atom. The monoisotopic (exact) mass is 1190 g/mol. The van der Waals surface area contributed by atoms with Crippen molar-refractivity contribution >= 4 is 74.3 Å². The maximum absolute atomic E-state index is 14.2. The van der Waals surface area contributed by atoms with E-state index >= 15 is 0 Å². The molecule has 2 fully saturated rings. The zero-order chi connectivity index (χ0) is 61.0. The van der Waals surface area contributed by atoms with Gasteiger partial charge in [0.15, 0.2) is 5.13 Å². The number of benzene rings is 3. The van der Waals surface area contributed by atoms with E-state index in [0.29, 0.717) is 99.2 Å². The third kappa shape index (κ3) is 18.4. The summed E-state index contributed by atoms with van der Waals surface area (Å²) in [5.74, 6) is 1.19. The molecule has 3 aliphatic rings. The maximum Gasteiger partial charge on any atom is 0.270 e. The molecule has 1 saturated carbocycles. The van der Waals surface area contributed by atoms with Crippen LogP contribution < -0.4 is 26.2 Å². The van der Waals surface area contributed by atoms with Gasteiger partial charge < -0.3 is 40.6 Å². The van der Waals surface area contributed by atoms with E-state index in [1.54, 1.807) is 16.2 Å². The van der Waals surface area contributed by atoms with E-state index < -0.39 is 6.10 Å². The van der Waals surface area contributed by atoms with Gasteiger partial charge in [0.05, 0.1) is 45.1 Å². The fraction of sp³-hybridized carbons (Fsp3) is 0.462. The van der Waals surface area contributed by atoms with Gasteiger partial charge >= 0.3 is 0 Å². The Hall–Kier alpha value is -7.23. The summed E-state index contributed by atoms with van der Waals surface area (Å²) in [6.07, 6.45) is 9.74. The molecule has 0 spiro atoms. The standard InChI is InChI=1S/C47H58N10O5S.C13H16N2S.C4H10.CH2O/c1-31-37(26-50-57(31)28-32-10-4-3-5-11-32)35-16-17-41(52-44(35)46(62)48-21-9-22-54(2)23-20-42(59)49-27-43(60)56-25-19-34(58)29-56)55-24-18-33-12-8-13-36(38(33)30-55)45(61)53-47-51-39-14-6-7-15-40(39)63-47;1-9(14-3)11-4-6-12(7-5-11)13-10(2)15-8-16-13;1-4(2)3;1-2/h6-8,12-17,26,32,34,58H,3-5,9-11,18-25,27-30H2,1-2H3,(H,48,62)(H,49,59)(H,51,53,61);4-9,14H,1-3H3;4H,1-3H3;1H2/t;9-;;/m.0../s1. The van der Waals surface area contributed by atoms with Crippen molar-refractivity contribution in [2.45, 2.75) is 125 Å². The van der Waals surface area contributed by atoms with Crippen LogP contribution >= 0.6 is 22.7 Å². The molecule has 454 valence electrons. The van der Waals surface area contributed by atoms with Gasteiger partial charge in [-0.15, -0.1) is 11.3 Å². The first-order valence-corrected chi connectivity index (χ1v) is 31.5. The molecule has 7 aromatic rings. The van der Waals surface area contributed by atoms with Crippen LogP contribution in [0.5, 0.6) is 0 Å². The van der Waals surface area contributed by atoms with Gasteiger partial charge in [0.2, 0.25) is 11.8 Å². The second kappa shape index (κ2) is 32.3. The Bertz CT molecular complexity index is 3260. The van der Waals surface area contributed by atoms with Crippen molar-refractivity contribution < 1.29 is 29.1 Å². The number of aliphatic hydroxyl groups excluding tert-OH is 1. The first-order chi connectivity index (χ1) is 41.0. The molecule has 6 heterocycles. The minimum absolute atomic E-state index is 0.0750. The molecule has 20 heteroatoms. The Balaban J connectivity index is 0.000000396. The number of aryl methyl sites for hydroxylation is 1. The number of thiazole rings is 2. The van der Waals surface area contributed by atoms with E-state index in [-0.39, 0.29) is 36.6 Å². The van der Waals surface area contributed by atoms with Gasteiger partial charge in [-0.25, -0.2) is 15.0 Å². The number of β-amino-alcohol motifs (C(OH)–C–C–N with tert-alkyl or cyclic N) is 1. The number of rotatable bonds is 19. The number of anilines is 2. The largest absolute Gasteiger partial charge is 0.391 e. The van der Waals surface area contributed by atoms with E-state index in [2.05, 4.69) is 113 Å². The van der Waals surface area contributed by atoms with Crippen molar-refractivity contribution in [1.82, 2.24) is 50.5 Å². The van der Waals surface area contributed by atoms with E-state index in [4.69, 9.17) is 14.9 Å². The van der Waals surface area contributed by atoms with Crippen LogP contribution in [0.2, 0.25) is 0 Å². The number of hydrogen-bond donors (Lipinski definition) is 5. The van der Waals surface area contributed by atoms with Gasteiger partial charge in [0, 0.05) is 80.7 Å². The zero-order valence-electron chi connectivity index (χ0n) is 50.8. The van der Waals surface area contributed by atoms with Crippen molar-refractivity contribution in [2.75, 3.05) is 70.1 Å². The molecule has 0 radical (unpaired) electrons. The summed E-state index contributed by atoms with van der Waals surface area (Å²) in [5, 5.41) is 27.1. The Morgan fingerprint density at radius 3 is 2.29 bits per heavy atom. The fourth-order valence-corrected chi connectivity index (χ4v) is 12.3. The average molecular weight is 1200 g/mol. The topological polar surface area (TPSA) is 220 Å². The van der Waals surface area contributed by atoms with Crippen LogP contribution in [0.1, 0.15) is 134 Å². The highest BCUT2D eigenvalue weighted by atomic mass is 32.1. The molecule has 1 saturated heterocycles. The highest BCUT2D eigenvalue weighted by Crippen LogP contribution is 2.34. The molecule has 1 aliphatic carbocycles. The summed E-state index contributed by atoms with van der Waals surface area (Å²) in [7, 11) is 3.90. The lowest BCUT2D eigenvalue weighted by Crippen LogP contribution is -2.40. The minimum Gasteiger partial charge on any atom is -0.391 e. The van der Waals surface area contributed by atoms with Crippen LogP contribution in [0.3, 0.4) is 0 Å². The predicted octanol–water partition coefficient (Wildman–Crippen LogP) is 10.3. The van der Waals surface area contributed by atoms with Crippen molar-refractivity contribution in [3.05, 3.63) is 130 Å². The summed E-state index contributed by atoms with van der Waals surface area (Å²) in [5.41, 5.74) is 12.0. The number of aliphatic hydroxyl groups is 1. The van der Waals surface area contributed by atoms with Crippen molar-refractivity contribution in [1.29, 1.82) is 0 Å². The number of pyridine rings is 1. The number of aromatic nitrogens is 5. The molecule has 3 aromatic carbocycles. The number of carbonyl (C=O) groups excluding carboxylic acids is 5. The lowest BCUT2D eigenvalue weighted by molar-refractivity contribution is -0.132. The SMILES string of the molecule is C=O.CC(C)C.CN[C@@H](C)c1ccc(-c2scnc2C)cc1.Cc1c(-c2ccc(N3CCc4cccc(C(=O)Nc5nc6ccccc6s5)c4C3)nc2C(=O)NCCCN(C)CCC(=O)NCC(=O)N2CCC(O)C2)cnn1CC1CCCCC1. The molecule has 18 nitrogen and oxygen atoms in total. The molecule has 1 unspecified atom stereocenters. The molecule has 5 N–H and O–H groups in total. The molecule has 4 aromatic heterocycles. The third-order valence-corrected chi connectivity index (χ3v) is 17.5. The van der Waals surface area contributed by atoms with Crippen molar-refractivity contribution in [3.63, 3.8) is 0 Å². The fourth-order valence-electron chi connectivity index (χ4n) is 10.7. The van der Waals surface area contributed by atoms with Gasteiger partial charge in [0.25, 0.3) is 11.8 Å². The summed E-state index contributed by atoms with van der Waals surface area (Å²) in [6.45, 7) is 19.0.